The van der Waals surface area contributed by atoms with Crippen molar-refractivity contribution < 1.29 is 4.79 Å². The van der Waals surface area contributed by atoms with Gasteiger partial charge in [-0.05, 0) is 32.4 Å². The van der Waals surface area contributed by atoms with Crippen molar-refractivity contribution in [3.05, 3.63) is 57.5 Å². The fourth-order valence-corrected chi connectivity index (χ4v) is 2.99. The highest BCUT2D eigenvalue weighted by atomic mass is 16.2. The molecule has 0 spiro atoms. The fraction of sp³-hybridized carbons (Fsp3) is 0.412. The molecule has 0 saturated carbocycles. The topological polar surface area (TPSA) is 68.1 Å². The van der Waals surface area contributed by atoms with Gasteiger partial charge in [-0.3, -0.25) is 9.59 Å². The van der Waals surface area contributed by atoms with Gasteiger partial charge in [-0.25, -0.2) is 9.97 Å². The Hall–Kier alpha value is -2.50. The molecule has 1 aliphatic rings. The summed E-state index contributed by atoms with van der Waals surface area (Å²) in [7, 11) is 1.65. The molecule has 0 N–H and O–H groups in total. The van der Waals surface area contributed by atoms with E-state index in [1.807, 2.05) is 24.8 Å². The van der Waals surface area contributed by atoms with Crippen LogP contribution in [0.5, 0.6) is 0 Å². The summed E-state index contributed by atoms with van der Waals surface area (Å²) in [5.74, 6) is 0.941. The summed E-state index contributed by atoms with van der Waals surface area (Å²) in [6, 6.07) is 4.96. The summed E-state index contributed by atoms with van der Waals surface area (Å²) in [4.78, 5) is 34.9. The van der Waals surface area contributed by atoms with Gasteiger partial charge < -0.3 is 9.47 Å². The summed E-state index contributed by atoms with van der Waals surface area (Å²) in [5, 5.41) is 0. The van der Waals surface area contributed by atoms with Gasteiger partial charge in [-0.1, -0.05) is 0 Å². The Morgan fingerprint density at radius 1 is 1.22 bits per heavy atom. The van der Waals surface area contributed by atoms with Crippen LogP contribution in [0.25, 0.3) is 0 Å². The first kappa shape index (κ1) is 15.4. The number of nitrogens with zero attached hydrogens (tertiary/aromatic N) is 4. The molecule has 3 heterocycles. The van der Waals surface area contributed by atoms with Gasteiger partial charge in [0.2, 0.25) is 5.56 Å². The third-order valence-electron chi connectivity index (χ3n) is 4.17. The zero-order chi connectivity index (χ0) is 16.6. The number of carbonyl (C=O) groups is 1. The molecule has 0 bridgehead atoms. The van der Waals surface area contributed by atoms with Crippen molar-refractivity contribution in [2.45, 2.75) is 26.2 Å². The molecule has 1 amide bonds. The molecule has 1 fully saturated rings. The number of likely N-dealkylation sites (tertiary alicyclic amines) is 1. The second-order valence-corrected chi connectivity index (χ2v) is 6.11. The van der Waals surface area contributed by atoms with Gasteiger partial charge in [-0.2, -0.15) is 0 Å². The van der Waals surface area contributed by atoms with E-state index in [1.54, 1.807) is 19.3 Å². The van der Waals surface area contributed by atoms with Crippen LogP contribution in [0.3, 0.4) is 0 Å². The highest BCUT2D eigenvalue weighted by Crippen LogP contribution is 2.26. The van der Waals surface area contributed by atoms with E-state index in [2.05, 4.69) is 9.97 Å². The first-order chi connectivity index (χ1) is 10.9. The van der Waals surface area contributed by atoms with E-state index in [4.69, 9.17) is 0 Å². The smallest absolute Gasteiger partial charge is 0.255 e. The molecule has 1 unspecified atom stereocenters. The lowest BCUT2D eigenvalue weighted by Gasteiger charge is -2.17. The minimum Gasteiger partial charge on any atom is -0.338 e. The Balaban J connectivity index is 1.77. The van der Waals surface area contributed by atoms with Crippen molar-refractivity contribution in [2.24, 2.45) is 7.05 Å². The number of rotatable bonds is 2. The lowest BCUT2D eigenvalue weighted by atomic mass is 10.1. The van der Waals surface area contributed by atoms with Crippen molar-refractivity contribution in [2.75, 3.05) is 13.1 Å². The standard InChI is InChI=1S/C17H20N4O2/c1-11-8-12(2)19-16(18-11)13-6-7-21(10-13)17(23)14-4-5-15(22)20(3)9-14/h4-5,8-9,13H,6-7,10H2,1-3H3. The van der Waals surface area contributed by atoms with Crippen LogP contribution < -0.4 is 5.56 Å². The summed E-state index contributed by atoms with van der Waals surface area (Å²) >= 11 is 0. The van der Waals surface area contributed by atoms with Crippen molar-refractivity contribution >= 4 is 5.91 Å². The predicted octanol–water partition coefficient (Wildman–Crippen LogP) is 1.42. The molecule has 6 heteroatoms. The minimum absolute atomic E-state index is 0.0486. The van der Waals surface area contributed by atoms with E-state index in [0.717, 1.165) is 23.6 Å². The predicted molar refractivity (Wildman–Crippen MR) is 86.5 cm³/mol. The Morgan fingerprint density at radius 2 is 1.91 bits per heavy atom. The third kappa shape index (κ3) is 3.16. The van der Waals surface area contributed by atoms with E-state index in [9.17, 15) is 9.59 Å². The Labute approximate surface area is 134 Å². The Morgan fingerprint density at radius 3 is 2.57 bits per heavy atom. The van der Waals surface area contributed by atoms with Gasteiger partial charge in [0.25, 0.3) is 5.91 Å². The molecule has 6 nitrogen and oxygen atoms in total. The monoisotopic (exact) mass is 312 g/mol. The number of hydrogen-bond acceptors (Lipinski definition) is 4. The SMILES string of the molecule is Cc1cc(C)nc(C2CCN(C(=O)c3ccc(=O)n(C)c3)C2)n1. The molecule has 1 aliphatic heterocycles. The van der Waals surface area contributed by atoms with Gasteiger partial charge in [-0.15, -0.1) is 0 Å². The Bertz CT molecular complexity index is 792. The van der Waals surface area contributed by atoms with Crippen LogP contribution >= 0.6 is 0 Å². The molecule has 0 aliphatic carbocycles. The Kier molecular flexibility index (Phi) is 3.98. The van der Waals surface area contributed by atoms with Gasteiger partial charge in [0.1, 0.15) is 5.82 Å². The van der Waals surface area contributed by atoms with Gasteiger partial charge in [0.15, 0.2) is 0 Å². The summed E-state index contributed by atoms with van der Waals surface area (Å²) < 4.78 is 1.42. The molecular weight excluding hydrogens is 292 g/mol. The first-order valence-corrected chi connectivity index (χ1v) is 7.72. The van der Waals surface area contributed by atoms with Crippen LogP contribution in [0.15, 0.2) is 29.2 Å². The average Bonchev–Trinajstić information content (AvgIpc) is 2.98. The summed E-state index contributed by atoms with van der Waals surface area (Å²) in [6.07, 6.45) is 2.45. The van der Waals surface area contributed by atoms with E-state index in [1.165, 1.54) is 10.6 Å². The average molecular weight is 312 g/mol. The quantitative estimate of drug-likeness (QED) is 0.841. The maximum absolute atomic E-state index is 12.6. The van der Waals surface area contributed by atoms with E-state index < -0.39 is 0 Å². The number of amides is 1. The number of aromatic nitrogens is 3. The summed E-state index contributed by atoms with van der Waals surface area (Å²) in [5.41, 5.74) is 2.32. The highest BCUT2D eigenvalue weighted by Gasteiger charge is 2.30. The number of carbonyl (C=O) groups excluding carboxylic acids is 1. The van der Waals surface area contributed by atoms with Gasteiger partial charge in [0.05, 0.1) is 5.56 Å². The van der Waals surface area contributed by atoms with E-state index in [0.29, 0.717) is 18.7 Å². The maximum Gasteiger partial charge on any atom is 0.255 e. The molecule has 23 heavy (non-hydrogen) atoms. The summed E-state index contributed by atoms with van der Waals surface area (Å²) in [6.45, 7) is 5.22. The van der Waals surface area contributed by atoms with E-state index >= 15 is 0 Å². The zero-order valence-electron chi connectivity index (χ0n) is 13.6. The highest BCUT2D eigenvalue weighted by molar-refractivity contribution is 5.94. The van der Waals surface area contributed by atoms with Gasteiger partial charge >= 0.3 is 0 Å². The molecule has 2 aromatic heterocycles. The van der Waals surface area contributed by atoms with Crippen LogP contribution in [0.2, 0.25) is 0 Å². The number of aryl methyl sites for hydroxylation is 3. The largest absolute Gasteiger partial charge is 0.338 e. The van der Waals surface area contributed by atoms with Gasteiger partial charge in [0, 0.05) is 49.7 Å². The maximum atomic E-state index is 12.6. The fourth-order valence-electron chi connectivity index (χ4n) is 2.99. The van der Waals surface area contributed by atoms with Crippen LogP contribution in [0.4, 0.5) is 0 Å². The number of hydrogen-bond donors (Lipinski definition) is 0. The normalized spacial score (nSPS) is 17.5. The number of pyridine rings is 1. The van der Waals surface area contributed by atoms with Crippen LogP contribution in [0.1, 0.15) is 39.9 Å². The third-order valence-corrected chi connectivity index (χ3v) is 4.17. The lowest BCUT2D eigenvalue weighted by molar-refractivity contribution is 0.0789. The molecule has 3 rings (SSSR count). The molecule has 1 atom stereocenters. The van der Waals surface area contributed by atoms with Crippen molar-refractivity contribution in [3.63, 3.8) is 0 Å². The first-order valence-electron chi connectivity index (χ1n) is 7.72. The second-order valence-electron chi connectivity index (χ2n) is 6.11. The van der Waals surface area contributed by atoms with Crippen molar-refractivity contribution in [1.82, 2.24) is 19.4 Å². The lowest BCUT2D eigenvalue weighted by Crippen LogP contribution is -2.30. The molecule has 120 valence electrons. The molecule has 1 saturated heterocycles. The second kappa shape index (κ2) is 5.95. The minimum atomic E-state index is -0.121. The van der Waals surface area contributed by atoms with Crippen LogP contribution in [-0.4, -0.2) is 38.4 Å². The molecule has 0 radical (unpaired) electrons. The van der Waals surface area contributed by atoms with Crippen LogP contribution in [-0.2, 0) is 7.05 Å². The van der Waals surface area contributed by atoms with Crippen molar-refractivity contribution in [1.29, 1.82) is 0 Å². The van der Waals surface area contributed by atoms with Crippen LogP contribution in [0, 0.1) is 13.8 Å². The molecular formula is C17H20N4O2. The molecule has 0 aromatic carbocycles. The zero-order valence-corrected chi connectivity index (χ0v) is 13.6. The van der Waals surface area contributed by atoms with E-state index in [-0.39, 0.29) is 17.4 Å². The molecule has 2 aromatic rings. The van der Waals surface area contributed by atoms with Crippen molar-refractivity contribution in [3.8, 4) is 0 Å².